The zero-order valence-electron chi connectivity index (χ0n) is 11.8. The fourth-order valence-electron chi connectivity index (χ4n) is 1.90. The van der Waals surface area contributed by atoms with Gasteiger partial charge < -0.3 is 15.5 Å². The van der Waals surface area contributed by atoms with Gasteiger partial charge in [0.2, 0.25) is 10.0 Å². The van der Waals surface area contributed by atoms with Crippen LogP contribution in [0.4, 0.5) is 0 Å². The second-order valence-corrected chi connectivity index (χ2v) is 6.33. The van der Waals surface area contributed by atoms with Gasteiger partial charge >= 0.3 is 0 Å². The molecule has 0 aliphatic rings. The van der Waals surface area contributed by atoms with Gasteiger partial charge in [-0.05, 0) is 30.2 Å². The molecule has 1 aromatic carbocycles. The molecule has 0 atom stereocenters. The van der Waals surface area contributed by atoms with Crippen molar-refractivity contribution < 1.29 is 13.2 Å². The molecule has 0 aliphatic carbocycles. The maximum absolute atomic E-state index is 12.1. The first-order chi connectivity index (χ1) is 10.0. The van der Waals surface area contributed by atoms with E-state index in [0.717, 1.165) is 11.3 Å². The van der Waals surface area contributed by atoms with E-state index < -0.39 is 10.0 Å². The van der Waals surface area contributed by atoms with Gasteiger partial charge in [-0.3, -0.25) is 0 Å². The molecule has 0 amide bonds. The Balaban J connectivity index is 1.92. The molecule has 0 radical (unpaired) electrons. The van der Waals surface area contributed by atoms with Crippen molar-refractivity contribution in [2.75, 3.05) is 13.7 Å². The average molecular weight is 309 g/mol. The molecular weight excluding hydrogens is 290 g/mol. The Kier molecular flexibility index (Phi) is 5.00. The molecule has 0 fully saturated rings. The van der Waals surface area contributed by atoms with Gasteiger partial charge in [0.25, 0.3) is 0 Å². The highest BCUT2D eigenvalue weighted by Crippen LogP contribution is 2.12. The third-order valence-corrected chi connectivity index (χ3v) is 4.55. The van der Waals surface area contributed by atoms with Crippen molar-refractivity contribution in [2.24, 2.45) is 5.73 Å². The van der Waals surface area contributed by atoms with E-state index in [1.54, 1.807) is 7.11 Å². The molecule has 0 unspecified atom stereocenters. The number of hydrogen-bond acceptors (Lipinski definition) is 4. The summed E-state index contributed by atoms with van der Waals surface area (Å²) in [5.74, 6) is 0.779. The number of ether oxygens (including phenoxy) is 1. The van der Waals surface area contributed by atoms with Crippen molar-refractivity contribution in [3.05, 3.63) is 47.8 Å². The minimum Gasteiger partial charge on any atom is -0.497 e. The molecule has 4 N–H and O–H groups in total. The van der Waals surface area contributed by atoms with Gasteiger partial charge in [0.05, 0.1) is 12.0 Å². The summed E-state index contributed by atoms with van der Waals surface area (Å²) in [6.45, 7) is 0.610. The van der Waals surface area contributed by atoms with E-state index >= 15 is 0 Å². The minimum absolute atomic E-state index is 0.206. The van der Waals surface area contributed by atoms with E-state index in [2.05, 4.69) is 9.71 Å². The average Bonchev–Trinajstić information content (AvgIpc) is 2.98. The molecule has 7 heteroatoms. The molecule has 0 saturated carbocycles. The van der Waals surface area contributed by atoms with Crippen molar-refractivity contribution in [1.82, 2.24) is 9.71 Å². The minimum atomic E-state index is -3.49. The summed E-state index contributed by atoms with van der Waals surface area (Å²) < 4.78 is 31.8. The van der Waals surface area contributed by atoms with Crippen LogP contribution >= 0.6 is 0 Å². The molecular formula is C14H19N3O3S. The maximum atomic E-state index is 12.1. The molecule has 2 aromatic rings. The SMILES string of the molecule is COc1ccc(CCNS(=O)(=O)c2c[nH]c(CN)c2)cc1. The molecule has 2 rings (SSSR count). The number of aromatic nitrogens is 1. The zero-order chi connectivity index (χ0) is 15.3. The molecule has 0 aliphatic heterocycles. The Morgan fingerprint density at radius 1 is 1.29 bits per heavy atom. The number of methoxy groups -OCH3 is 1. The lowest BCUT2D eigenvalue weighted by molar-refractivity contribution is 0.414. The van der Waals surface area contributed by atoms with Gasteiger partial charge in [-0.15, -0.1) is 0 Å². The summed E-state index contributed by atoms with van der Waals surface area (Å²) in [5.41, 5.74) is 7.17. The van der Waals surface area contributed by atoms with Crippen LogP contribution in [0.1, 0.15) is 11.3 Å². The lowest BCUT2D eigenvalue weighted by Crippen LogP contribution is -2.25. The highest BCUT2D eigenvalue weighted by molar-refractivity contribution is 7.89. The third kappa shape index (κ3) is 4.07. The van der Waals surface area contributed by atoms with Gasteiger partial charge in [-0.2, -0.15) is 0 Å². The highest BCUT2D eigenvalue weighted by atomic mass is 32.2. The number of sulfonamides is 1. The second kappa shape index (κ2) is 6.75. The Bertz CT molecular complexity index is 678. The molecule has 0 saturated heterocycles. The van der Waals surface area contributed by atoms with Crippen molar-refractivity contribution in [1.29, 1.82) is 0 Å². The standard InChI is InChI=1S/C14H19N3O3S/c1-20-13-4-2-11(3-5-13)6-7-17-21(18,19)14-8-12(9-15)16-10-14/h2-5,8,10,16-17H,6-7,9,15H2,1H3. The van der Waals surface area contributed by atoms with E-state index in [0.29, 0.717) is 18.7 Å². The van der Waals surface area contributed by atoms with Gasteiger partial charge in [0, 0.05) is 25.0 Å². The van der Waals surface area contributed by atoms with Gasteiger partial charge in [0.1, 0.15) is 5.75 Å². The van der Waals surface area contributed by atoms with Crippen molar-refractivity contribution in [2.45, 2.75) is 17.9 Å². The smallest absolute Gasteiger partial charge is 0.242 e. The van der Waals surface area contributed by atoms with Crippen LogP contribution in [0.3, 0.4) is 0 Å². The summed E-state index contributed by atoms with van der Waals surface area (Å²) in [5, 5.41) is 0. The Morgan fingerprint density at radius 2 is 2.00 bits per heavy atom. The van der Waals surface area contributed by atoms with Crippen LogP contribution in [-0.2, 0) is 23.0 Å². The normalized spacial score (nSPS) is 11.5. The molecule has 1 aromatic heterocycles. The highest BCUT2D eigenvalue weighted by Gasteiger charge is 2.15. The fraction of sp³-hybridized carbons (Fsp3) is 0.286. The number of H-pyrrole nitrogens is 1. The Morgan fingerprint density at radius 3 is 2.57 bits per heavy atom. The monoisotopic (exact) mass is 309 g/mol. The summed E-state index contributed by atoms with van der Waals surface area (Å²) in [6, 6.07) is 9.06. The second-order valence-electron chi connectivity index (χ2n) is 4.56. The van der Waals surface area contributed by atoms with Crippen molar-refractivity contribution in [3.8, 4) is 5.75 Å². The van der Waals surface area contributed by atoms with Crippen LogP contribution in [0.2, 0.25) is 0 Å². The van der Waals surface area contributed by atoms with E-state index in [1.165, 1.54) is 12.3 Å². The number of hydrogen-bond donors (Lipinski definition) is 3. The van der Waals surface area contributed by atoms with Crippen LogP contribution in [-0.4, -0.2) is 27.1 Å². The third-order valence-electron chi connectivity index (χ3n) is 3.11. The largest absolute Gasteiger partial charge is 0.497 e. The van der Waals surface area contributed by atoms with Crippen molar-refractivity contribution >= 4 is 10.0 Å². The van der Waals surface area contributed by atoms with E-state index in [1.807, 2.05) is 24.3 Å². The first-order valence-electron chi connectivity index (χ1n) is 6.55. The van der Waals surface area contributed by atoms with E-state index in [-0.39, 0.29) is 11.4 Å². The van der Waals surface area contributed by atoms with Gasteiger partial charge in [0.15, 0.2) is 0 Å². The fourth-order valence-corrected chi connectivity index (χ4v) is 2.95. The predicted octanol–water partition coefficient (Wildman–Crippen LogP) is 1.00. The first kappa shape index (κ1) is 15.6. The van der Waals surface area contributed by atoms with Gasteiger partial charge in [-0.25, -0.2) is 13.1 Å². The van der Waals surface area contributed by atoms with E-state index in [9.17, 15) is 8.42 Å². The zero-order valence-corrected chi connectivity index (χ0v) is 12.6. The molecule has 6 nitrogen and oxygen atoms in total. The first-order valence-corrected chi connectivity index (χ1v) is 8.03. The maximum Gasteiger partial charge on any atom is 0.242 e. The van der Waals surface area contributed by atoms with Crippen LogP contribution in [0, 0.1) is 0 Å². The molecule has 114 valence electrons. The number of aromatic amines is 1. The number of benzene rings is 1. The summed E-state index contributed by atoms with van der Waals surface area (Å²) in [7, 11) is -1.89. The number of rotatable bonds is 7. The van der Waals surface area contributed by atoms with Crippen LogP contribution in [0.5, 0.6) is 5.75 Å². The van der Waals surface area contributed by atoms with Crippen LogP contribution in [0.25, 0.3) is 0 Å². The Hall–Kier alpha value is -1.83. The lowest BCUT2D eigenvalue weighted by atomic mass is 10.1. The summed E-state index contributed by atoms with van der Waals surface area (Å²) >= 11 is 0. The molecule has 21 heavy (non-hydrogen) atoms. The number of nitrogens with two attached hydrogens (primary N) is 1. The van der Waals surface area contributed by atoms with E-state index in [4.69, 9.17) is 10.5 Å². The Labute approximate surface area is 124 Å². The van der Waals surface area contributed by atoms with Gasteiger partial charge in [-0.1, -0.05) is 12.1 Å². The van der Waals surface area contributed by atoms with Crippen molar-refractivity contribution in [3.63, 3.8) is 0 Å². The van der Waals surface area contributed by atoms with Crippen LogP contribution in [0.15, 0.2) is 41.4 Å². The topological polar surface area (TPSA) is 97.2 Å². The molecule has 0 bridgehead atoms. The lowest BCUT2D eigenvalue weighted by Gasteiger charge is -2.06. The molecule has 1 heterocycles. The molecule has 0 spiro atoms. The van der Waals surface area contributed by atoms with Crippen LogP contribution < -0.4 is 15.2 Å². The summed E-state index contributed by atoms with van der Waals surface area (Å²) in [4.78, 5) is 3.03. The number of nitrogens with one attached hydrogen (secondary N) is 2. The quantitative estimate of drug-likeness (QED) is 0.711. The summed E-state index contributed by atoms with van der Waals surface area (Å²) in [6.07, 6.45) is 2.05. The predicted molar refractivity (Wildman–Crippen MR) is 80.6 cm³/mol.